The minimum Gasteiger partial charge on any atom is -0.419 e. The number of nitro benzene ring substituents is 1. The Hall–Kier alpha value is -2.38. The van der Waals surface area contributed by atoms with Gasteiger partial charge in [-0.2, -0.15) is 0 Å². The van der Waals surface area contributed by atoms with Crippen LogP contribution in [0.3, 0.4) is 0 Å². The van der Waals surface area contributed by atoms with Gasteiger partial charge in [0.1, 0.15) is 0 Å². The van der Waals surface area contributed by atoms with Crippen molar-refractivity contribution in [2.45, 2.75) is 17.1 Å². The van der Waals surface area contributed by atoms with Crippen LogP contribution in [0.15, 0.2) is 57.8 Å². The van der Waals surface area contributed by atoms with Gasteiger partial charge in [-0.1, -0.05) is 11.6 Å². The lowest BCUT2D eigenvalue weighted by atomic mass is 10.2. The van der Waals surface area contributed by atoms with Crippen LogP contribution >= 0.6 is 23.4 Å². The number of nitro groups is 1. The van der Waals surface area contributed by atoms with Crippen molar-refractivity contribution in [1.29, 1.82) is 0 Å². The quantitative estimate of drug-likeness (QED) is 0.355. The van der Waals surface area contributed by atoms with E-state index in [9.17, 15) is 10.1 Å². The van der Waals surface area contributed by atoms with Gasteiger partial charge in [-0.25, -0.2) is 0 Å². The molecule has 3 aromatic rings. The highest BCUT2D eigenvalue weighted by molar-refractivity contribution is 7.99. The molecule has 0 N–H and O–H groups in total. The third-order valence-corrected chi connectivity index (χ3v) is 4.59. The van der Waals surface area contributed by atoms with Crippen molar-refractivity contribution in [3.8, 4) is 11.5 Å². The number of halogens is 1. The summed E-state index contributed by atoms with van der Waals surface area (Å²) in [7, 11) is 0. The molecule has 0 aliphatic rings. The Morgan fingerprint density at radius 3 is 2.42 bits per heavy atom. The van der Waals surface area contributed by atoms with Crippen LogP contribution in [-0.4, -0.2) is 15.1 Å². The predicted octanol–water partition coefficient (Wildman–Crippen LogP) is 5.15. The molecule has 1 atom stereocenters. The number of non-ortho nitro benzene ring substituents is 1. The third kappa shape index (κ3) is 3.74. The molecule has 122 valence electrons. The second kappa shape index (κ2) is 7.02. The molecule has 0 fully saturated rings. The van der Waals surface area contributed by atoms with Crippen molar-refractivity contribution in [1.82, 2.24) is 10.2 Å². The molecule has 3 rings (SSSR count). The summed E-state index contributed by atoms with van der Waals surface area (Å²) >= 11 is 7.45. The van der Waals surface area contributed by atoms with Gasteiger partial charge in [-0.15, -0.1) is 22.0 Å². The summed E-state index contributed by atoms with van der Waals surface area (Å²) in [6.45, 7) is 1.96. The number of aromatic nitrogens is 2. The van der Waals surface area contributed by atoms with E-state index in [1.807, 2.05) is 31.2 Å². The smallest absolute Gasteiger partial charge is 0.269 e. The lowest BCUT2D eigenvalue weighted by Gasteiger charge is -2.06. The van der Waals surface area contributed by atoms with E-state index in [4.69, 9.17) is 16.0 Å². The van der Waals surface area contributed by atoms with Gasteiger partial charge >= 0.3 is 0 Å². The summed E-state index contributed by atoms with van der Waals surface area (Å²) in [5.41, 5.74) is 0.660. The van der Waals surface area contributed by atoms with E-state index in [0.717, 1.165) is 4.90 Å². The number of nitrogens with zero attached hydrogens (tertiary/aromatic N) is 3. The molecule has 0 amide bonds. The zero-order chi connectivity index (χ0) is 17.1. The predicted molar refractivity (Wildman–Crippen MR) is 92.1 cm³/mol. The van der Waals surface area contributed by atoms with Crippen LogP contribution in [0, 0.1) is 10.1 Å². The van der Waals surface area contributed by atoms with Gasteiger partial charge < -0.3 is 4.42 Å². The van der Waals surface area contributed by atoms with Crippen LogP contribution < -0.4 is 0 Å². The van der Waals surface area contributed by atoms with E-state index in [-0.39, 0.29) is 10.9 Å². The molecule has 0 aliphatic carbocycles. The minimum atomic E-state index is -0.451. The Balaban J connectivity index is 1.74. The second-order valence-corrected chi connectivity index (χ2v) is 6.81. The Kier molecular flexibility index (Phi) is 4.82. The van der Waals surface area contributed by atoms with Crippen molar-refractivity contribution in [3.05, 3.63) is 69.6 Å². The van der Waals surface area contributed by atoms with Crippen molar-refractivity contribution < 1.29 is 9.34 Å². The Morgan fingerprint density at radius 2 is 1.79 bits per heavy atom. The first-order chi connectivity index (χ1) is 11.5. The molecule has 0 radical (unpaired) electrons. The van der Waals surface area contributed by atoms with Crippen LogP contribution in [-0.2, 0) is 0 Å². The van der Waals surface area contributed by atoms with Crippen molar-refractivity contribution in [2.24, 2.45) is 0 Å². The summed E-state index contributed by atoms with van der Waals surface area (Å²) < 4.78 is 5.69. The summed E-state index contributed by atoms with van der Waals surface area (Å²) in [4.78, 5) is 11.3. The van der Waals surface area contributed by atoms with Crippen molar-refractivity contribution >= 4 is 29.1 Å². The number of rotatable bonds is 5. The molecular formula is C16H12ClN3O3S. The van der Waals surface area contributed by atoms with Gasteiger partial charge in [-0.05, 0) is 43.3 Å². The average molecular weight is 362 g/mol. The zero-order valence-electron chi connectivity index (χ0n) is 12.5. The highest BCUT2D eigenvalue weighted by Crippen LogP contribution is 2.35. The van der Waals surface area contributed by atoms with Crippen LogP contribution in [0.5, 0.6) is 0 Å². The molecule has 0 spiro atoms. The maximum atomic E-state index is 10.7. The molecule has 0 saturated heterocycles. The molecule has 0 saturated carbocycles. The fraction of sp³-hybridized carbons (Fsp3) is 0.125. The standard InChI is InChI=1S/C16H12ClN3O3S/c1-10(24-14-8-4-12(17)5-9-14)15-18-19-16(23-15)11-2-6-13(7-3-11)20(21)22/h2-10H,1H3. The summed E-state index contributed by atoms with van der Waals surface area (Å²) in [6, 6.07) is 13.5. The SMILES string of the molecule is CC(Sc1ccc(Cl)cc1)c1nnc(-c2ccc([N+](=O)[O-])cc2)o1. The van der Waals surface area contributed by atoms with E-state index < -0.39 is 4.92 Å². The average Bonchev–Trinajstić information content (AvgIpc) is 3.07. The molecule has 24 heavy (non-hydrogen) atoms. The molecule has 1 heterocycles. The number of hydrogen-bond donors (Lipinski definition) is 0. The normalized spacial score (nSPS) is 12.1. The first-order valence-electron chi connectivity index (χ1n) is 7.03. The van der Waals surface area contributed by atoms with Gasteiger partial charge in [0.25, 0.3) is 5.69 Å². The lowest BCUT2D eigenvalue weighted by Crippen LogP contribution is -1.88. The highest BCUT2D eigenvalue weighted by Gasteiger charge is 2.17. The molecular weight excluding hydrogens is 350 g/mol. The molecule has 2 aromatic carbocycles. The molecule has 1 aromatic heterocycles. The summed E-state index contributed by atoms with van der Waals surface area (Å²) in [5, 5.41) is 19.4. The van der Waals surface area contributed by atoms with E-state index >= 15 is 0 Å². The van der Waals surface area contributed by atoms with Gasteiger partial charge in [0, 0.05) is 27.6 Å². The Labute approximate surface area is 147 Å². The van der Waals surface area contributed by atoms with E-state index in [1.54, 1.807) is 23.9 Å². The van der Waals surface area contributed by atoms with E-state index in [2.05, 4.69) is 10.2 Å². The maximum absolute atomic E-state index is 10.7. The van der Waals surface area contributed by atoms with Crippen molar-refractivity contribution in [3.63, 3.8) is 0 Å². The Morgan fingerprint density at radius 1 is 1.12 bits per heavy atom. The number of hydrogen-bond acceptors (Lipinski definition) is 6. The molecule has 0 bridgehead atoms. The monoisotopic (exact) mass is 361 g/mol. The minimum absolute atomic E-state index is 0.0187. The third-order valence-electron chi connectivity index (χ3n) is 3.24. The number of benzene rings is 2. The maximum Gasteiger partial charge on any atom is 0.269 e. The second-order valence-electron chi connectivity index (χ2n) is 4.96. The van der Waals surface area contributed by atoms with Crippen molar-refractivity contribution in [2.75, 3.05) is 0 Å². The van der Waals surface area contributed by atoms with E-state index in [0.29, 0.717) is 22.4 Å². The van der Waals surface area contributed by atoms with Gasteiger partial charge in [0.2, 0.25) is 11.8 Å². The lowest BCUT2D eigenvalue weighted by molar-refractivity contribution is -0.384. The fourth-order valence-corrected chi connectivity index (χ4v) is 3.03. The highest BCUT2D eigenvalue weighted by atomic mass is 35.5. The Bertz CT molecular complexity index is 850. The number of thioether (sulfide) groups is 1. The fourth-order valence-electron chi connectivity index (χ4n) is 2.01. The largest absolute Gasteiger partial charge is 0.419 e. The molecule has 8 heteroatoms. The molecule has 0 aliphatic heterocycles. The zero-order valence-corrected chi connectivity index (χ0v) is 14.1. The molecule has 1 unspecified atom stereocenters. The van der Waals surface area contributed by atoms with Crippen LogP contribution in [0.25, 0.3) is 11.5 Å². The molecule has 6 nitrogen and oxygen atoms in total. The van der Waals surface area contributed by atoms with Crippen LogP contribution in [0.1, 0.15) is 18.1 Å². The van der Waals surface area contributed by atoms with Crippen LogP contribution in [0.2, 0.25) is 5.02 Å². The van der Waals surface area contributed by atoms with Gasteiger partial charge in [0.15, 0.2) is 0 Å². The van der Waals surface area contributed by atoms with E-state index in [1.165, 1.54) is 12.1 Å². The van der Waals surface area contributed by atoms with Crippen LogP contribution in [0.4, 0.5) is 5.69 Å². The first-order valence-corrected chi connectivity index (χ1v) is 8.29. The van der Waals surface area contributed by atoms with Gasteiger partial charge in [0.05, 0.1) is 10.2 Å². The summed E-state index contributed by atoms with van der Waals surface area (Å²) in [5.74, 6) is 0.826. The summed E-state index contributed by atoms with van der Waals surface area (Å²) in [6.07, 6.45) is 0. The van der Waals surface area contributed by atoms with Gasteiger partial charge in [-0.3, -0.25) is 10.1 Å². The topological polar surface area (TPSA) is 82.1 Å². The first kappa shape index (κ1) is 16.5.